The Hall–Kier alpha value is -2.37. The number of benzene rings is 2. The van der Waals surface area contributed by atoms with Crippen LogP contribution in [0.5, 0.6) is 0 Å². The quantitative estimate of drug-likeness (QED) is 0.321. The van der Waals surface area contributed by atoms with E-state index in [0.717, 1.165) is 0 Å². The van der Waals surface area contributed by atoms with Crippen LogP contribution in [0.3, 0.4) is 0 Å². The maximum atomic E-state index is 12.6. The molecule has 1 saturated heterocycles. The van der Waals surface area contributed by atoms with E-state index in [2.05, 4.69) is 5.32 Å². The van der Waals surface area contributed by atoms with Crippen molar-refractivity contribution >= 4 is 5.91 Å². The van der Waals surface area contributed by atoms with Gasteiger partial charge >= 0.3 is 0 Å². The van der Waals surface area contributed by atoms with Gasteiger partial charge in [-0.2, -0.15) is 0 Å². The van der Waals surface area contributed by atoms with Crippen molar-refractivity contribution in [3.05, 3.63) is 71.8 Å². The van der Waals surface area contributed by atoms with E-state index in [9.17, 15) is 30.3 Å². The first-order valence-corrected chi connectivity index (χ1v) is 9.93. The van der Waals surface area contributed by atoms with Crippen molar-refractivity contribution in [2.24, 2.45) is 0 Å². The Morgan fingerprint density at radius 2 is 1.58 bits per heavy atom. The zero-order valence-electron chi connectivity index (χ0n) is 16.7. The normalized spacial score (nSPS) is 28.0. The minimum Gasteiger partial charge on any atom is -0.394 e. The minimum absolute atomic E-state index is 0.280. The molecule has 1 aliphatic rings. The van der Waals surface area contributed by atoms with Gasteiger partial charge in [-0.25, -0.2) is 0 Å². The van der Waals surface area contributed by atoms with Gasteiger partial charge in [-0.15, -0.1) is 0 Å². The van der Waals surface area contributed by atoms with Crippen LogP contribution in [0.4, 0.5) is 0 Å². The topological polar surface area (TPSA) is 149 Å². The van der Waals surface area contributed by atoms with Crippen LogP contribution >= 0.6 is 0 Å². The predicted octanol–water partition coefficient (Wildman–Crippen LogP) is -0.665. The molecule has 168 valence electrons. The average Bonchev–Trinajstić information content (AvgIpc) is 2.81. The van der Waals surface area contributed by atoms with Crippen molar-refractivity contribution in [2.45, 2.75) is 42.9 Å². The van der Waals surface area contributed by atoms with Crippen molar-refractivity contribution < 1.29 is 39.8 Å². The van der Waals surface area contributed by atoms with E-state index in [4.69, 9.17) is 9.47 Å². The molecule has 0 aliphatic carbocycles. The molecule has 1 heterocycles. The van der Waals surface area contributed by atoms with Gasteiger partial charge in [0.25, 0.3) is 5.91 Å². The van der Waals surface area contributed by atoms with Gasteiger partial charge in [-0.05, 0) is 17.7 Å². The minimum atomic E-state index is -1.59. The zero-order valence-corrected chi connectivity index (χ0v) is 16.7. The van der Waals surface area contributed by atoms with Crippen LogP contribution in [0.15, 0.2) is 60.7 Å². The summed E-state index contributed by atoms with van der Waals surface area (Å²) in [4.78, 5) is 12.6. The molecular weight excluding hydrogens is 406 g/mol. The van der Waals surface area contributed by atoms with Crippen molar-refractivity contribution in [2.75, 3.05) is 13.2 Å². The number of amides is 1. The maximum absolute atomic E-state index is 12.6. The van der Waals surface area contributed by atoms with Crippen molar-refractivity contribution in [1.29, 1.82) is 0 Å². The molecule has 0 radical (unpaired) electrons. The van der Waals surface area contributed by atoms with Gasteiger partial charge in [0.05, 0.1) is 19.3 Å². The Morgan fingerprint density at radius 1 is 0.968 bits per heavy atom. The number of ether oxygens (including phenoxy) is 2. The highest BCUT2D eigenvalue weighted by molar-refractivity contribution is 5.94. The fourth-order valence-corrected chi connectivity index (χ4v) is 3.34. The standard InChI is InChI=1S/C22H27NO8/c24-11-16-18(26)19(27)20(28)22(31-16)30-12-15(17(25)13-7-3-1-4-8-13)23-21(29)14-9-5-2-6-10-14/h1-10,15-20,22,24-28H,11-12H2,(H,23,29)/t15-,16+,17-,18-,19-,20-,22+/m1/s1. The van der Waals surface area contributed by atoms with Crippen LogP contribution in [-0.2, 0) is 9.47 Å². The molecule has 9 heteroatoms. The molecule has 2 aromatic rings. The first-order valence-electron chi connectivity index (χ1n) is 9.93. The Labute approximate surface area is 179 Å². The summed E-state index contributed by atoms with van der Waals surface area (Å²) in [6, 6.07) is 16.2. The number of rotatable bonds is 8. The number of hydrogen-bond acceptors (Lipinski definition) is 8. The van der Waals surface area contributed by atoms with Crippen LogP contribution in [0.1, 0.15) is 22.0 Å². The Kier molecular flexibility index (Phi) is 8.10. The number of nitrogens with one attached hydrogen (secondary N) is 1. The average molecular weight is 433 g/mol. The molecule has 0 bridgehead atoms. The highest BCUT2D eigenvalue weighted by atomic mass is 16.7. The van der Waals surface area contributed by atoms with Crippen LogP contribution in [-0.4, -0.2) is 81.4 Å². The van der Waals surface area contributed by atoms with E-state index in [-0.39, 0.29) is 6.61 Å². The molecule has 9 nitrogen and oxygen atoms in total. The number of hydrogen-bond donors (Lipinski definition) is 6. The smallest absolute Gasteiger partial charge is 0.251 e. The second-order valence-electron chi connectivity index (χ2n) is 7.33. The number of carbonyl (C=O) groups is 1. The van der Waals surface area contributed by atoms with Crippen LogP contribution in [0.2, 0.25) is 0 Å². The zero-order chi connectivity index (χ0) is 22.4. The Balaban J connectivity index is 1.74. The molecule has 7 atom stereocenters. The highest BCUT2D eigenvalue weighted by Gasteiger charge is 2.44. The lowest BCUT2D eigenvalue weighted by Crippen LogP contribution is -2.59. The molecule has 2 aromatic carbocycles. The summed E-state index contributed by atoms with van der Waals surface area (Å²) in [5.41, 5.74) is 0.930. The summed E-state index contributed by atoms with van der Waals surface area (Å²) in [6.45, 7) is -0.872. The van der Waals surface area contributed by atoms with E-state index in [1.54, 1.807) is 60.7 Å². The van der Waals surface area contributed by atoms with Gasteiger partial charge in [-0.3, -0.25) is 4.79 Å². The predicted molar refractivity (Wildman–Crippen MR) is 109 cm³/mol. The molecule has 1 aliphatic heterocycles. The fraction of sp³-hybridized carbons (Fsp3) is 0.409. The largest absolute Gasteiger partial charge is 0.394 e. The molecule has 6 N–H and O–H groups in total. The molecule has 31 heavy (non-hydrogen) atoms. The SMILES string of the molecule is O=C(N[C@H](CO[C@H]1O[C@@H](CO)[C@@H](O)[C@@H](O)[C@H]1O)[C@H](O)c1ccccc1)c1ccccc1. The lowest BCUT2D eigenvalue weighted by Gasteiger charge is -2.40. The van der Waals surface area contributed by atoms with E-state index >= 15 is 0 Å². The molecular formula is C22H27NO8. The van der Waals surface area contributed by atoms with Crippen LogP contribution in [0.25, 0.3) is 0 Å². The van der Waals surface area contributed by atoms with E-state index in [1.165, 1.54) is 0 Å². The number of aliphatic hydroxyl groups excluding tert-OH is 5. The molecule has 3 rings (SSSR count). The lowest BCUT2D eigenvalue weighted by atomic mass is 9.99. The van der Waals surface area contributed by atoms with E-state index in [1.807, 2.05) is 0 Å². The fourth-order valence-electron chi connectivity index (χ4n) is 3.34. The summed E-state index contributed by atoms with van der Waals surface area (Å²) in [5.74, 6) is -0.432. The molecule has 1 fully saturated rings. The molecule has 0 saturated carbocycles. The molecule has 0 aromatic heterocycles. The van der Waals surface area contributed by atoms with Crippen molar-refractivity contribution in [1.82, 2.24) is 5.32 Å². The number of carbonyl (C=O) groups excluding carboxylic acids is 1. The van der Waals surface area contributed by atoms with Crippen molar-refractivity contribution in [3.8, 4) is 0 Å². The highest BCUT2D eigenvalue weighted by Crippen LogP contribution is 2.24. The summed E-state index contributed by atoms with van der Waals surface area (Å²) >= 11 is 0. The van der Waals surface area contributed by atoms with Gasteiger partial charge in [0, 0.05) is 5.56 Å². The molecule has 0 spiro atoms. The Morgan fingerprint density at radius 3 is 2.19 bits per heavy atom. The maximum Gasteiger partial charge on any atom is 0.251 e. The first-order chi connectivity index (χ1) is 14.9. The number of aliphatic hydroxyl groups is 5. The van der Waals surface area contributed by atoms with E-state index < -0.39 is 55.4 Å². The van der Waals surface area contributed by atoms with Gasteiger partial charge in [0.1, 0.15) is 30.5 Å². The summed E-state index contributed by atoms with van der Waals surface area (Å²) in [7, 11) is 0. The van der Waals surface area contributed by atoms with Gasteiger partial charge in [0.2, 0.25) is 0 Å². The van der Waals surface area contributed by atoms with Crippen molar-refractivity contribution in [3.63, 3.8) is 0 Å². The lowest BCUT2D eigenvalue weighted by molar-refractivity contribution is -0.302. The monoisotopic (exact) mass is 433 g/mol. The summed E-state index contributed by atoms with van der Waals surface area (Å²) in [6.07, 6.45) is -8.33. The van der Waals surface area contributed by atoms with E-state index in [0.29, 0.717) is 11.1 Å². The van der Waals surface area contributed by atoms with Crippen LogP contribution < -0.4 is 5.32 Å². The first kappa shape index (κ1) is 23.3. The second kappa shape index (κ2) is 10.8. The second-order valence-corrected chi connectivity index (χ2v) is 7.33. The third-order valence-corrected chi connectivity index (χ3v) is 5.16. The molecule has 0 unspecified atom stereocenters. The summed E-state index contributed by atoms with van der Waals surface area (Å²) < 4.78 is 10.9. The Bertz CT molecular complexity index is 819. The third kappa shape index (κ3) is 5.66. The van der Waals surface area contributed by atoms with Crippen LogP contribution in [0, 0.1) is 0 Å². The van der Waals surface area contributed by atoms with Gasteiger partial charge < -0.3 is 40.3 Å². The molecule has 1 amide bonds. The summed E-state index contributed by atoms with van der Waals surface area (Å²) in [5, 5.41) is 52.8. The van der Waals surface area contributed by atoms with Gasteiger partial charge in [0.15, 0.2) is 6.29 Å². The third-order valence-electron chi connectivity index (χ3n) is 5.16. The van der Waals surface area contributed by atoms with Gasteiger partial charge in [-0.1, -0.05) is 48.5 Å².